The Morgan fingerprint density at radius 1 is 1.43 bits per heavy atom. The van der Waals surface area contributed by atoms with Crippen LogP contribution in [0.25, 0.3) is 0 Å². The van der Waals surface area contributed by atoms with Crippen molar-refractivity contribution < 1.29 is 19.5 Å². The molecule has 4 unspecified atom stereocenters. The molecule has 1 aromatic heterocycles. The van der Waals surface area contributed by atoms with Crippen LogP contribution in [0.5, 0.6) is 5.88 Å². The molecule has 0 spiro atoms. The van der Waals surface area contributed by atoms with E-state index in [0.717, 1.165) is 19.3 Å². The summed E-state index contributed by atoms with van der Waals surface area (Å²) in [5.41, 5.74) is 0. The highest BCUT2D eigenvalue weighted by Gasteiger charge is 2.40. The van der Waals surface area contributed by atoms with Crippen molar-refractivity contribution in [1.82, 2.24) is 10.5 Å². The van der Waals surface area contributed by atoms with Gasteiger partial charge in [-0.25, -0.2) is 0 Å². The Hall–Kier alpha value is -1.56. The van der Waals surface area contributed by atoms with Gasteiger partial charge in [-0.2, -0.15) is 0 Å². The lowest BCUT2D eigenvalue weighted by Crippen LogP contribution is -2.55. The van der Waals surface area contributed by atoms with Crippen molar-refractivity contribution in [2.75, 3.05) is 0 Å². The summed E-state index contributed by atoms with van der Waals surface area (Å²) >= 11 is 0. The molecule has 21 heavy (non-hydrogen) atoms. The van der Waals surface area contributed by atoms with Gasteiger partial charge in [0.2, 0.25) is 0 Å². The topological polar surface area (TPSA) is 95.6 Å². The minimum absolute atomic E-state index is 0.0967. The van der Waals surface area contributed by atoms with Gasteiger partial charge in [0.05, 0.1) is 0 Å². The summed E-state index contributed by atoms with van der Waals surface area (Å²) in [7, 11) is 0. The first-order chi connectivity index (χ1) is 10.1. The number of aliphatic carboxylic acids is 1. The van der Waals surface area contributed by atoms with Crippen LogP contribution in [0.15, 0.2) is 10.6 Å². The molecule has 3 N–H and O–H groups in total. The molecule has 6 nitrogen and oxygen atoms in total. The average molecular weight is 294 g/mol. The van der Waals surface area contributed by atoms with Crippen LogP contribution in [0.2, 0.25) is 0 Å². The van der Waals surface area contributed by atoms with Crippen LogP contribution in [0.4, 0.5) is 0 Å². The van der Waals surface area contributed by atoms with E-state index >= 15 is 0 Å². The summed E-state index contributed by atoms with van der Waals surface area (Å²) in [4.78, 5) is 11.3. The molecule has 6 heteroatoms. The lowest BCUT2D eigenvalue weighted by atomic mass is 9.69. The highest BCUT2D eigenvalue weighted by molar-refractivity contribution is 5.73. The van der Waals surface area contributed by atoms with Crippen molar-refractivity contribution in [3.05, 3.63) is 11.8 Å². The van der Waals surface area contributed by atoms with Gasteiger partial charge >= 0.3 is 5.97 Å². The van der Waals surface area contributed by atoms with E-state index < -0.39 is 12.0 Å². The maximum atomic E-state index is 11.3. The Morgan fingerprint density at radius 3 is 2.95 bits per heavy atom. The maximum absolute atomic E-state index is 11.3. The number of fused-ring (bicyclic) bond motifs is 1. The Kier molecular flexibility index (Phi) is 4.14. The number of hydrogen-bond acceptors (Lipinski definition) is 5. The predicted octanol–water partition coefficient (Wildman–Crippen LogP) is 1.93. The molecule has 2 aliphatic rings. The standard InChI is InChI=1S/C15H22N2O4/c18-14-8-10(21-17-14)5-6-12-11-4-2-1-3-9(11)7-13(16-12)15(19)20/h8-9,11-13,16H,1-7H2,(H,17,18)(H,19,20). The monoisotopic (exact) mass is 294 g/mol. The van der Waals surface area contributed by atoms with E-state index in [4.69, 9.17) is 4.52 Å². The predicted molar refractivity (Wildman–Crippen MR) is 74.9 cm³/mol. The summed E-state index contributed by atoms with van der Waals surface area (Å²) in [6.45, 7) is 0. The van der Waals surface area contributed by atoms with Crippen LogP contribution < -0.4 is 5.32 Å². The molecule has 0 amide bonds. The van der Waals surface area contributed by atoms with Crippen molar-refractivity contribution >= 4 is 5.97 Å². The molecule has 1 saturated heterocycles. The number of aryl methyl sites for hydroxylation is 1. The van der Waals surface area contributed by atoms with E-state index in [-0.39, 0.29) is 11.9 Å². The van der Waals surface area contributed by atoms with Gasteiger partial charge in [0.1, 0.15) is 11.8 Å². The van der Waals surface area contributed by atoms with E-state index in [1.54, 1.807) is 0 Å². The Labute approximate surface area is 123 Å². The van der Waals surface area contributed by atoms with Crippen LogP contribution in [0.3, 0.4) is 0 Å². The summed E-state index contributed by atoms with van der Waals surface area (Å²) in [6, 6.07) is 1.30. The molecule has 1 aromatic rings. The number of carboxylic acid groups (broad SMARTS) is 1. The van der Waals surface area contributed by atoms with E-state index in [0.29, 0.717) is 24.0 Å². The van der Waals surface area contributed by atoms with E-state index in [1.165, 1.54) is 25.3 Å². The lowest BCUT2D eigenvalue weighted by Gasteiger charge is -2.44. The van der Waals surface area contributed by atoms with Crippen LogP contribution in [-0.2, 0) is 11.2 Å². The first-order valence-corrected chi connectivity index (χ1v) is 7.77. The van der Waals surface area contributed by atoms with Gasteiger partial charge < -0.3 is 20.1 Å². The fourth-order valence-electron chi connectivity index (χ4n) is 4.00. The van der Waals surface area contributed by atoms with Gasteiger partial charge in [-0.15, -0.1) is 0 Å². The fraction of sp³-hybridized carbons (Fsp3) is 0.733. The molecular weight excluding hydrogens is 272 g/mol. The van der Waals surface area contributed by atoms with Crippen molar-refractivity contribution in [1.29, 1.82) is 0 Å². The number of rotatable bonds is 4. The van der Waals surface area contributed by atoms with Gasteiger partial charge in [-0.3, -0.25) is 4.79 Å². The fourth-order valence-corrected chi connectivity index (χ4v) is 4.00. The number of carbonyl (C=O) groups is 1. The Bertz CT molecular complexity index is 502. The zero-order valence-electron chi connectivity index (χ0n) is 12.0. The van der Waals surface area contributed by atoms with Crippen molar-refractivity contribution in [3.63, 3.8) is 0 Å². The number of hydrogen-bond donors (Lipinski definition) is 3. The zero-order valence-corrected chi connectivity index (χ0v) is 12.0. The summed E-state index contributed by atoms with van der Waals surface area (Å²) in [5, 5.41) is 25.3. The molecule has 2 heterocycles. The van der Waals surface area contributed by atoms with E-state index in [1.807, 2.05) is 0 Å². The number of nitrogens with zero attached hydrogens (tertiary/aromatic N) is 1. The van der Waals surface area contributed by atoms with Crippen LogP contribution in [0, 0.1) is 11.8 Å². The van der Waals surface area contributed by atoms with Gasteiger partial charge in [0.15, 0.2) is 0 Å². The third-order valence-electron chi connectivity index (χ3n) is 4.98. The zero-order chi connectivity index (χ0) is 14.8. The second kappa shape index (κ2) is 6.05. The molecule has 3 rings (SSSR count). The molecule has 116 valence electrons. The molecule has 1 aliphatic carbocycles. The van der Waals surface area contributed by atoms with Crippen LogP contribution in [-0.4, -0.2) is 33.4 Å². The minimum atomic E-state index is -0.749. The first kappa shape index (κ1) is 14.4. The van der Waals surface area contributed by atoms with Crippen LogP contribution >= 0.6 is 0 Å². The number of carboxylic acids is 1. The number of aromatic nitrogens is 1. The number of nitrogens with one attached hydrogen (secondary N) is 1. The van der Waals surface area contributed by atoms with Gasteiger partial charge in [-0.05, 0) is 36.3 Å². The third-order valence-corrected chi connectivity index (χ3v) is 4.98. The van der Waals surface area contributed by atoms with Gasteiger partial charge in [0.25, 0.3) is 5.88 Å². The van der Waals surface area contributed by atoms with E-state index in [9.17, 15) is 15.0 Å². The number of aromatic hydroxyl groups is 1. The quantitative estimate of drug-likeness (QED) is 0.785. The van der Waals surface area contributed by atoms with Crippen molar-refractivity contribution in [2.24, 2.45) is 11.8 Å². The maximum Gasteiger partial charge on any atom is 0.320 e. The number of piperidine rings is 1. The second-order valence-corrected chi connectivity index (χ2v) is 6.30. The van der Waals surface area contributed by atoms with Crippen LogP contribution in [0.1, 0.15) is 44.3 Å². The molecule has 2 fully saturated rings. The summed E-state index contributed by atoms with van der Waals surface area (Å²) < 4.78 is 5.02. The highest BCUT2D eigenvalue weighted by Crippen LogP contribution is 2.39. The molecule has 0 radical (unpaired) electrons. The van der Waals surface area contributed by atoms with Crippen molar-refractivity contribution in [3.8, 4) is 5.88 Å². The minimum Gasteiger partial charge on any atom is -0.491 e. The summed E-state index contributed by atoms with van der Waals surface area (Å²) in [6.07, 6.45) is 7.02. The van der Waals surface area contributed by atoms with Crippen molar-refractivity contribution in [2.45, 2.75) is 57.0 Å². The smallest absolute Gasteiger partial charge is 0.320 e. The average Bonchev–Trinajstić information content (AvgIpc) is 2.90. The SMILES string of the molecule is O=C(O)C1CC2CCCCC2C(CCc2cc(O)no2)N1. The molecular formula is C15H22N2O4. The first-order valence-electron chi connectivity index (χ1n) is 7.77. The second-order valence-electron chi connectivity index (χ2n) is 6.30. The molecule has 0 aromatic carbocycles. The van der Waals surface area contributed by atoms with Gasteiger partial charge in [0, 0.05) is 18.5 Å². The molecule has 0 bridgehead atoms. The molecule has 1 saturated carbocycles. The largest absolute Gasteiger partial charge is 0.491 e. The molecule has 4 atom stereocenters. The third kappa shape index (κ3) is 3.20. The highest BCUT2D eigenvalue weighted by atomic mass is 16.5. The van der Waals surface area contributed by atoms with Gasteiger partial charge in [-0.1, -0.05) is 19.3 Å². The van der Waals surface area contributed by atoms with E-state index in [2.05, 4.69) is 10.5 Å². The normalized spacial score (nSPS) is 32.6. The molecule has 1 aliphatic heterocycles. The summed E-state index contributed by atoms with van der Waals surface area (Å²) in [5.74, 6) is 0.890. The Balaban J connectivity index is 1.66. The Morgan fingerprint density at radius 2 is 2.24 bits per heavy atom. The lowest BCUT2D eigenvalue weighted by molar-refractivity contribution is -0.141.